The Bertz CT molecular complexity index is 481. The minimum Gasteiger partial charge on any atom is -0.392 e. The number of carbonyl (C=O) groups is 1. The van der Waals surface area contributed by atoms with E-state index in [0.29, 0.717) is 19.6 Å². The summed E-state index contributed by atoms with van der Waals surface area (Å²) in [5, 5.41) is 9.72. The highest BCUT2D eigenvalue weighted by atomic mass is 19.1. The average Bonchev–Trinajstić information content (AvgIpc) is 2.72. The number of amides is 1. The third-order valence-corrected chi connectivity index (χ3v) is 3.92. The summed E-state index contributed by atoms with van der Waals surface area (Å²) >= 11 is 0. The van der Waals surface area contributed by atoms with Crippen molar-refractivity contribution in [1.29, 1.82) is 0 Å². The second-order valence-electron chi connectivity index (χ2n) is 5.49. The maximum absolute atomic E-state index is 13.7. The lowest BCUT2D eigenvalue weighted by atomic mass is 10.2. The lowest BCUT2D eigenvalue weighted by Crippen LogP contribution is -2.37. The standard InChI is InChI=1S/C16H23FN2O2/c1-2-13(20)12-18-8-5-9-19(11-10-18)16(21)14-6-3-4-7-15(14)17/h3-4,6-7,13,20H,2,5,8-12H2,1H3. The summed E-state index contributed by atoms with van der Waals surface area (Å²) in [5.74, 6) is -0.712. The number of rotatable bonds is 4. The fourth-order valence-corrected chi connectivity index (χ4v) is 2.59. The van der Waals surface area contributed by atoms with Crippen LogP contribution in [0.1, 0.15) is 30.1 Å². The van der Waals surface area contributed by atoms with Crippen molar-refractivity contribution in [1.82, 2.24) is 9.80 Å². The number of β-amino-alcohol motifs (C(OH)–C–C–N with tert-alkyl or cyclic N) is 1. The summed E-state index contributed by atoms with van der Waals surface area (Å²) < 4.78 is 13.7. The number of hydrogen-bond donors (Lipinski definition) is 1. The summed E-state index contributed by atoms with van der Waals surface area (Å²) in [7, 11) is 0. The molecule has 21 heavy (non-hydrogen) atoms. The van der Waals surface area contributed by atoms with Crippen LogP contribution in [0.3, 0.4) is 0 Å². The highest BCUT2D eigenvalue weighted by Crippen LogP contribution is 2.13. The molecule has 1 saturated heterocycles. The molecule has 0 bridgehead atoms. The molecule has 0 aromatic heterocycles. The van der Waals surface area contributed by atoms with Crippen LogP contribution >= 0.6 is 0 Å². The average molecular weight is 294 g/mol. The van der Waals surface area contributed by atoms with Crippen LogP contribution in [0.15, 0.2) is 24.3 Å². The summed E-state index contributed by atoms with van der Waals surface area (Å²) in [4.78, 5) is 16.3. The van der Waals surface area contributed by atoms with Crippen molar-refractivity contribution in [3.63, 3.8) is 0 Å². The van der Waals surface area contributed by atoms with Crippen LogP contribution in [-0.4, -0.2) is 59.6 Å². The lowest BCUT2D eigenvalue weighted by Gasteiger charge is -2.23. The fourth-order valence-electron chi connectivity index (χ4n) is 2.59. The molecule has 0 aliphatic carbocycles. The van der Waals surface area contributed by atoms with Gasteiger partial charge in [0.05, 0.1) is 11.7 Å². The van der Waals surface area contributed by atoms with Gasteiger partial charge in [0.2, 0.25) is 0 Å². The van der Waals surface area contributed by atoms with Gasteiger partial charge in [-0.25, -0.2) is 4.39 Å². The van der Waals surface area contributed by atoms with Gasteiger partial charge in [-0.15, -0.1) is 0 Å². The van der Waals surface area contributed by atoms with Crippen LogP contribution < -0.4 is 0 Å². The van der Waals surface area contributed by atoms with Gasteiger partial charge in [-0.2, -0.15) is 0 Å². The third kappa shape index (κ3) is 4.25. The second-order valence-corrected chi connectivity index (χ2v) is 5.49. The van der Waals surface area contributed by atoms with Gasteiger partial charge in [0.25, 0.3) is 5.91 Å². The summed E-state index contributed by atoms with van der Waals surface area (Å²) in [5.41, 5.74) is 0.138. The first kappa shape index (κ1) is 15.9. The molecule has 4 nitrogen and oxygen atoms in total. The van der Waals surface area contributed by atoms with Gasteiger partial charge in [-0.05, 0) is 31.5 Å². The normalized spacial score (nSPS) is 18.3. The molecule has 0 saturated carbocycles. The van der Waals surface area contributed by atoms with Crippen molar-refractivity contribution in [3.05, 3.63) is 35.6 Å². The second kappa shape index (κ2) is 7.52. The maximum Gasteiger partial charge on any atom is 0.256 e. The molecule has 2 rings (SSSR count). The Morgan fingerprint density at radius 2 is 2.05 bits per heavy atom. The number of benzene rings is 1. The molecular formula is C16H23FN2O2. The van der Waals surface area contributed by atoms with Gasteiger partial charge in [0, 0.05) is 26.2 Å². The van der Waals surface area contributed by atoms with E-state index in [0.717, 1.165) is 25.9 Å². The molecule has 1 aliphatic heterocycles. The molecule has 1 amide bonds. The van der Waals surface area contributed by atoms with E-state index in [2.05, 4.69) is 4.90 Å². The first-order valence-corrected chi connectivity index (χ1v) is 7.56. The third-order valence-electron chi connectivity index (χ3n) is 3.92. The topological polar surface area (TPSA) is 43.8 Å². The zero-order valence-electron chi connectivity index (χ0n) is 12.5. The number of halogens is 1. The number of aliphatic hydroxyl groups excluding tert-OH is 1. The van der Waals surface area contributed by atoms with E-state index in [1.54, 1.807) is 17.0 Å². The van der Waals surface area contributed by atoms with Crippen molar-refractivity contribution in [2.45, 2.75) is 25.9 Å². The molecule has 1 unspecified atom stereocenters. The molecular weight excluding hydrogens is 271 g/mol. The molecule has 1 aromatic rings. The first-order valence-electron chi connectivity index (χ1n) is 7.56. The highest BCUT2D eigenvalue weighted by Gasteiger charge is 2.22. The predicted octanol–water partition coefficient (Wildman–Crippen LogP) is 1.74. The van der Waals surface area contributed by atoms with E-state index in [1.807, 2.05) is 6.92 Å². The molecule has 0 spiro atoms. The quantitative estimate of drug-likeness (QED) is 0.920. The zero-order chi connectivity index (χ0) is 15.2. The van der Waals surface area contributed by atoms with Crippen LogP contribution in [0, 0.1) is 5.82 Å². The van der Waals surface area contributed by atoms with Crippen molar-refractivity contribution in [2.24, 2.45) is 0 Å². The number of carbonyl (C=O) groups excluding carboxylic acids is 1. The summed E-state index contributed by atoms with van der Waals surface area (Å²) in [6.07, 6.45) is 1.25. The van der Waals surface area contributed by atoms with E-state index >= 15 is 0 Å². The monoisotopic (exact) mass is 294 g/mol. The number of nitrogens with zero attached hydrogens (tertiary/aromatic N) is 2. The van der Waals surface area contributed by atoms with Crippen LogP contribution in [-0.2, 0) is 0 Å². The molecule has 1 atom stereocenters. The Balaban J connectivity index is 1.97. The lowest BCUT2D eigenvalue weighted by molar-refractivity contribution is 0.0749. The van der Waals surface area contributed by atoms with E-state index in [4.69, 9.17) is 0 Å². The van der Waals surface area contributed by atoms with Gasteiger partial charge in [-0.1, -0.05) is 19.1 Å². The Labute approximate surface area is 125 Å². The van der Waals surface area contributed by atoms with Gasteiger partial charge in [0.15, 0.2) is 0 Å². The van der Waals surface area contributed by atoms with Gasteiger partial charge >= 0.3 is 0 Å². The molecule has 1 fully saturated rings. The molecule has 5 heteroatoms. The predicted molar refractivity (Wildman–Crippen MR) is 79.7 cm³/mol. The largest absolute Gasteiger partial charge is 0.392 e. The van der Waals surface area contributed by atoms with E-state index in [9.17, 15) is 14.3 Å². The molecule has 116 valence electrons. The molecule has 1 aromatic carbocycles. The number of aliphatic hydroxyl groups is 1. The van der Waals surface area contributed by atoms with Crippen LogP contribution in [0.25, 0.3) is 0 Å². The fraction of sp³-hybridized carbons (Fsp3) is 0.562. The molecule has 1 aliphatic rings. The van der Waals surface area contributed by atoms with Crippen LogP contribution in [0.2, 0.25) is 0 Å². The number of hydrogen-bond acceptors (Lipinski definition) is 3. The Morgan fingerprint density at radius 1 is 1.29 bits per heavy atom. The molecule has 1 heterocycles. The molecule has 1 N–H and O–H groups in total. The smallest absolute Gasteiger partial charge is 0.256 e. The zero-order valence-corrected chi connectivity index (χ0v) is 12.5. The van der Waals surface area contributed by atoms with E-state index in [1.165, 1.54) is 12.1 Å². The van der Waals surface area contributed by atoms with Crippen molar-refractivity contribution < 1.29 is 14.3 Å². The van der Waals surface area contributed by atoms with Gasteiger partial charge in [0.1, 0.15) is 5.82 Å². The summed E-state index contributed by atoms with van der Waals surface area (Å²) in [6.45, 7) is 5.37. The SMILES string of the molecule is CCC(O)CN1CCCN(C(=O)c2ccccc2F)CC1. The Hall–Kier alpha value is -1.46. The van der Waals surface area contributed by atoms with Gasteiger partial charge < -0.3 is 10.0 Å². The molecule has 0 radical (unpaired) electrons. The first-order chi connectivity index (χ1) is 10.1. The minimum absolute atomic E-state index is 0.138. The summed E-state index contributed by atoms with van der Waals surface area (Å²) in [6, 6.07) is 6.11. The van der Waals surface area contributed by atoms with Crippen molar-refractivity contribution in [3.8, 4) is 0 Å². The van der Waals surface area contributed by atoms with Gasteiger partial charge in [-0.3, -0.25) is 9.69 Å². The van der Waals surface area contributed by atoms with Crippen LogP contribution in [0.4, 0.5) is 4.39 Å². The minimum atomic E-state index is -0.468. The maximum atomic E-state index is 13.7. The van der Waals surface area contributed by atoms with Crippen LogP contribution in [0.5, 0.6) is 0 Å². The van der Waals surface area contributed by atoms with E-state index < -0.39 is 5.82 Å². The van der Waals surface area contributed by atoms with Crippen molar-refractivity contribution >= 4 is 5.91 Å². The van der Waals surface area contributed by atoms with E-state index in [-0.39, 0.29) is 17.6 Å². The Morgan fingerprint density at radius 3 is 2.76 bits per heavy atom. The Kier molecular flexibility index (Phi) is 5.70. The highest BCUT2D eigenvalue weighted by molar-refractivity contribution is 5.94. The van der Waals surface area contributed by atoms with Crippen molar-refractivity contribution in [2.75, 3.05) is 32.7 Å².